The lowest BCUT2D eigenvalue weighted by Gasteiger charge is -2.43. The van der Waals surface area contributed by atoms with Gasteiger partial charge in [-0.15, -0.1) is 11.3 Å². The van der Waals surface area contributed by atoms with Crippen LogP contribution < -0.4 is 0 Å². The summed E-state index contributed by atoms with van der Waals surface area (Å²) in [6.07, 6.45) is 3.28. The van der Waals surface area contributed by atoms with Crippen LogP contribution in [-0.4, -0.2) is 33.4 Å². The maximum absolute atomic E-state index is 12.3. The number of rotatable bonds is 4. The van der Waals surface area contributed by atoms with E-state index in [1.54, 1.807) is 17.5 Å². The number of carbonyl (C=O) groups excluding carboxylic acids is 1. The second-order valence-electron chi connectivity index (χ2n) is 5.72. The summed E-state index contributed by atoms with van der Waals surface area (Å²) < 4.78 is 0. The first-order chi connectivity index (χ1) is 10.1. The number of nitrogens with zero attached hydrogens (tertiary/aromatic N) is 3. The molecule has 0 N–H and O–H groups in total. The van der Waals surface area contributed by atoms with Crippen molar-refractivity contribution >= 4 is 17.2 Å². The van der Waals surface area contributed by atoms with E-state index in [1.165, 1.54) is 0 Å². The van der Waals surface area contributed by atoms with Crippen molar-refractivity contribution < 1.29 is 4.79 Å². The zero-order valence-electron chi connectivity index (χ0n) is 12.3. The number of thiazole rings is 1. The fourth-order valence-electron chi connectivity index (χ4n) is 2.66. The number of hydrogen-bond acceptors (Lipinski definition) is 4. The summed E-state index contributed by atoms with van der Waals surface area (Å²) in [7, 11) is 0. The van der Waals surface area contributed by atoms with Crippen molar-refractivity contribution in [2.75, 3.05) is 6.54 Å². The quantitative estimate of drug-likeness (QED) is 0.872. The lowest BCUT2D eigenvalue weighted by atomic mass is 9.91. The first-order valence-electron chi connectivity index (χ1n) is 7.30. The van der Waals surface area contributed by atoms with Crippen molar-refractivity contribution in [2.45, 2.75) is 32.7 Å². The zero-order chi connectivity index (χ0) is 14.8. The molecule has 0 radical (unpaired) electrons. The Hall–Kier alpha value is -1.75. The van der Waals surface area contributed by atoms with Crippen LogP contribution >= 0.6 is 11.3 Å². The van der Waals surface area contributed by atoms with Crippen molar-refractivity contribution in [3.05, 3.63) is 35.5 Å². The standard InChI is InChI=1S/C16H19N3OS/c1-11(2)14-6-8-19(14)15(20)9-12-10-21-16(18-12)13-5-3-4-7-17-13/h3-5,7,10-11,14H,6,8-9H2,1-2H3/t14-/m0/s1. The third kappa shape index (κ3) is 2.97. The smallest absolute Gasteiger partial charge is 0.228 e. The van der Waals surface area contributed by atoms with Gasteiger partial charge >= 0.3 is 0 Å². The van der Waals surface area contributed by atoms with Crippen molar-refractivity contribution in [3.8, 4) is 10.7 Å². The van der Waals surface area contributed by atoms with Crippen molar-refractivity contribution in [1.82, 2.24) is 14.9 Å². The summed E-state index contributed by atoms with van der Waals surface area (Å²) in [6, 6.07) is 6.18. The summed E-state index contributed by atoms with van der Waals surface area (Å²) >= 11 is 1.54. The Morgan fingerprint density at radius 2 is 2.33 bits per heavy atom. The van der Waals surface area contributed by atoms with Crippen LogP contribution in [0.5, 0.6) is 0 Å². The summed E-state index contributed by atoms with van der Waals surface area (Å²) in [5, 5.41) is 2.84. The number of likely N-dealkylation sites (tertiary alicyclic amines) is 1. The van der Waals surface area contributed by atoms with E-state index in [0.717, 1.165) is 29.4 Å². The molecule has 4 nitrogen and oxygen atoms in total. The third-order valence-corrected chi connectivity index (χ3v) is 4.84. The van der Waals surface area contributed by atoms with Gasteiger partial charge in [0, 0.05) is 24.2 Å². The molecule has 1 atom stereocenters. The van der Waals surface area contributed by atoms with Crippen LogP contribution in [0.1, 0.15) is 26.0 Å². The summed E-state index contributed by atoms with van der Waals surface area (Å²) in [6.45, 7) is 5.23. The van der Waals surface area contributed by atoms with Crippen LogP contribution in [0.2, 0.25) is 0 Å². The van der Waals surface area contributed by atoms with Crippen molar-refractivity contribution in [1.29, 1.82) is 0 Å². The molecule has 1 aliphatic rings. The van der Waals surface area contributed by atoms with Crippen molar-refractivity contribution in [3.63, 3.8) is 0 Å². The molecule has 3 rings (SSSR count). The third-order valence-electron chi connectivity index (χ3n) is 3.92. The second kappa shape index (κ2) is 5.93. The minimum Gasteiger partial charge on any atom is -0.339 e. The van der Waals surface area contributed by atoms with Gasteiger partial charge < -0.3 is 4.90 Å². The van der Waals surface area contributed by atoms with E-state index in [4.69, 9.17) is 0 Å². The number of pyridine rings is 1. The van der Waals surface area contributed by atoms with Gasteiger partial charge in [0.2, 0.25) is 5.91 Å². The monoisotopic (exact) mass is 301 g/mol. The highest BCUT2D eigenvalue weighted by molar-refractivity contribution is 7.13. The van der Waals surface area contributed by atoms with E-state index < -0.39 is 0 Å². The molecule has 0 unspecified atom stereocenters. The molecular formula is C16H19N3OS. The Morgan fingerprint density at radius 1 is 1.48 bits per heavy atom. The molecule has 1 amide bonds. The van der Waals surface area contributed by atoms with E-state index in [1.807, 2.05) is 28.5 Å². The Kier molecular flexibility index (Phi) is 4.01. The number of carbonyl (C=O) groups is 1. The molecule has 5 heteroatoms. The number of aromatic nitrogens is 2. The average Bonchev–Trinajstić information content (AvgIpc) is 2.86. The Morgan fingerprint density at radius 3 is 2.95 bits per heavy atom. The van der Waals surface area contributed by atoms with E-state index in [9.17, 15) is 4.79 Å². The molecule has 0 spiro atoms. The molecule has 1 aliphatic heterocycles. The first kappa shape index (κ1) is 14.2. The van der Waals surface area contributed by atoms with Gasteiger partial charge in [0.05, 0.1) is 17.8 Å². The van der Waals surface area contributed by atoms with Gasteiger partial charge in [-0.1, -0.05) is 19.9 Å². The maximum Gasteiger partial charge on any atom is 0.228 e. The minimum absolute atomic E-state index is 0.192. The number of hydrogen-bond donors (Lipinski definition) is 0. The van der Waals surface area contributed by atoms with Crippen LogP contribution in [0.4, 0.5) is 0 Å². The summed E-state index contributed by atoms with van der Waals surface area (Å²) in [5.41, 5.74) is 1.71. The topological polar surface area (TPSA) is 46.1 Å². The highest BCUT2D eigenvalue weighted by Crippen LogP contribution is 2.26. The summed E-state index contributed by atoms with van der Waals surface area (Å²) in [4.78, 5) is 23.2. The van der Waals surface area contributed by atoms with Crippen LogP contribution in [0.3, 0.4) is 0 Å². The molecule has 2 aromatic heterocycles. The highest BCUT2D eigenvalue weighted by Gasteiger charge is 2.34. The molecule has 3 heterocycles. The van der Waals surface area contributed by atoms with Crippen molar-refractivity contribution in [2.24, 2.45) is 5.92 Å². The van der Waals surface area contributed by atoms with Gasteiger partial charge in [-0.2, -0.15) is 0 Å². The predicted molar refractivity (Wildman–Crippen MR) is 84.0 cm³/mol. The highest BCUT2D eigenvalue weighted by atomic mass is 32.1. The Balaban J connectivity index is 1.66. The molecular weight excluding hydrogens is 282 g/mol. The second-order valence-corrected chi connectivity index (χ2v) is 6.58. The predicted octanol–water partition coefficient (Wildman–Crippen LogP) is 3.00. The molecule has 21 heavy (non-hydrogen) atoms. The normalized spacial score (nSPS) is 17.9. The van der Waals surface area contributed by atoms with Gasteiger partial charge in [0.25, 0.3) is 0 Å². The summed E-state index contributed by atoms with van der Waals surface area (Å²) in [5.74, 6) is 0.722. The molecule has 0 aliphatic carbocycles. The molecule has 0 bridgehead atoms. The SMILES string of the molecule is CC(C)[C@@H]1CCN1C(=O)Cc1csc(-c2ccccn2)n1. The molecule has 1 fully saturated rings. The van der Waals surface area contributed by atoms with Gasteiger partial charge in [0.1, 0.15) is 5.01 Å². The Bertz CT molecular complexity index is 623. The van der Waals surface area contributed by atoms with E-state index in [-0.39, 0.29) is 5.91 Å². The average molecular weight is 301 g/mol. The van der Waals surface area contributed by atoms with Gasteiger partial charge in [-0.25, -0.2) is 4.98 Å². The van der Waals surface area contributed by atoms with E-state index in [2.05, 4.69) is 23.8 Å². The number of amides is 1. The molecule has 1 saturated heterocycles. The largest absolute Gasteiger partial charge is 0.339 e. The van der Waals surface area contributed by atoms with Crippen LogP contribution in [0, 0.1) is 5.92 Å². The van der Waals surface area contributed by atoms with E-state index >= 15 is 0 Å². The Labute approximate surface area is 128 Å². The van der Waals surface area contributed by atoms with Crippen LogP contribution in [-0.2, 0) is 11.2 Å². The lowest BCUT2D eigenvalue weighted by Crippen LogP contribution is -2.54. The maximum atomic E-state index is 12.3. The molecule has 0 saturated carbocycles. The lowest BCUT2D eigenvalue weighted by molar-refractivity contribution is -0.139. The fraction of sp³-hybridized carbons (Fsp3) is 0.438. The van der Waals surface area contributed by atoms with E-state index in [0.29, 0.717) is 18.4 Å². The van der Waals surface area contributed by atoms with Gasteiger partial charge in [-0.05, 0) is 24.5 Å². The molecule has 0 aromatic carbocycles. The molecule has 2 aromatic rings. The molecule has 110 valence electrons. The first-order valence-corrected chi connectivity index (χ1v) is 8.18. The van der Waals surface area contributed by atoms with Crippen LogP contribution in [0.25, 0.3) is 10.7 Å². The zero-order valence-corrected chi connectivity index (χ0v) is 13.1. The van der Waals surface area contributed by atoms with Gasteiger partial charge in [0.15, 0.2) is 0 Å². The fourth-order valence-corrected chi connectivity index (χ4v) is 3.46. The minimum atomic E-state index is 0.192. The van der Waals surface area contributed by atoms with Crippen LogP contribution in [0.15, 0.2) is 29.8 Å². The van der Waals surface area contributed by atoms with Gasteiger partial charge in [-0.3, -0.25) is 9.78 Å².